The summed E-state index contributed by atoms with van der Waals surface area (Å²) in [5.74, 6) is 0. The van der Waals surface area contributed by atoms with Crippen LogP contribution in [-0.2, 0) is 11.8 Å². The summed E-state index contributed by atoms with van der Waals surface area (Å²) in [5.41, 5.74) is 1.80. The largest absolute Gasteiger partial charge is 0.389 e. The lowest BCUT2D eigenvalue weighted by atomic mass is 10.1. The highest BCUT2D eigenvalue weighted by Crippen LogP contribution is 2.22. The Labute approximate surface area is 140 Å². The van der Waals surface area contributed by atoms with Crippen molar-refractivity contribution in [3.05, 3.63) is 34.9 Å². The van der Waals surface area contributed by atoms with Gasteiger partial charge in [0, 0.05) is 38.9 Å². The Morgan fingerprint density at radius 1 is 1.21 bits per heavy atom. The first-order valence-corrected chi connectivity index (χ1v) is 8.34. The second-order valence-electron chi connectivity index (χ2n) is 6.56. The van der Waals surface area contributed by atoms with Crippen LogP contribution >= 0.6 is 0 Å². The number of aryl methyl sites for hydroxylation is 1. The van der Waals surface area contributed by atoms with Gasteiger partial charge in [-0.2, -0.15) is 0 Å². The number of fused-ring (bicyclic) bond motifs is 1. The summed E-state index contributed by atoms with van der Waals surface area (Å²) in [7, 11) is 1.71. The molecule has 1 aromatic heterocycles. The summed E-state index contributed by atoms with van der Waals surface area (Å²) >= 11 is 0. The van der Waals surface area contributed by atoms with E-state index in [-0.39, 0.29) is 17.7 Å². The van der Waals surface area contributed by atoms with Gasteiger partial charge in [0.25, 0.3) is 5.56 Å². The molecular weight excluding hydrogens is 308 g/mol. The number of rotatable bonds is 2. The normalized spacial score (nSPS) is 25.5. The molecule has 0 saturated carbocycles. The van der Waals surface area contributed by atoms with E-state index in [9.17, 15) is 9.90 Å². The molecule has 2 aromatic rings. The Morgan fingerprint density at radius 3 is 2.71 bits per heavy atom. The number of nitrogens with zero attached hydrogens (tertiary/aromatic N) is 4. The number of aliphatic hydroxyl groups is 1. The summed E-state index contributed by atoms with van der Waals surface area (Å²) in [6.45, 7) is 4.62. The van der Waals surface area contributed by atoms with Crippen LogP contribution < -0.4 is 10.5 Å². The molecule has 4 rings (SSSR count). The molecule has 3 heterocycles. The van der Waals surface area contributed by atoms with Crippen LogP contribution in [0.3, 0.4) is 0 Å². The fourth-order valence-electron chi connectivity index (χ4n) is 3.59. The lowest BCUT2D eigenvalue weighted by molar-refractivity contribution is 0.0785. The molecular formula is C17H22N4O3. The average molecular weight is 330 g/mol. The highest BCUT2D eigenvalue weighted by Gasteiger charge is 2.33. The number of piperazine rings is 1. The summed E-state index contributed by atoms with van der Waals surface area (Å²) < 4.78 is 6.85. The summed E-state index contributed by atoms with van der Waals surface area (Å²) in [5, 5.41) is 10.6. The molecule has 2 unspecified atom stereocenters. The first kappa shape index (κ1) is 15.6. The fraction of sp³-hybridized carbons (Fsp3) is 0.529. The van der Waals surface area contributed by atoms with Crippen LogP contribution in [-0.4, -0.2) is 71.1 Å². The Morgan fingerprint density at radius 2 is 2.00 bits per heavy atom. The predicted molar refractivity (Wildman–Crippen MR) is 91.4 cm³/mol. The second kappa shape index (κ2) is 6.16. The van der Waals surface area contributed by atoms with Crippen molar-refractivity contribution in [2.75, 3.05) is 44.3 Å². The molecule has 2 saturated heterocycles. The molecule has 24 heavy (non-hydrogen) atoms. The van der Waals surface area contributed by atoms with Gasteiger partial charge < -0.3 is 19.3 Å². The van der Waals surface area contributed by atoms with Gasteiger partial charge in [-0.05, 0) is 18.2 Å². The lowest BCUT2D eigenvalue weighted by Gasteiger charge is -2.39. The van der Waals surface area contributed by atoms with E-state index in [0.717, 1.165) is 37.4 Å². The highest BCUT2D eigenvalue weighted by atomic mass is 16.5. The Balaban J connectivity index is 1.50. The molecule has 2 aliphatic heterocycles. The van der Waals surface area contributed by atoms with Crippen LogP contribution in [0, 0.1) is 0 Å². The van der Waals surface area contributed by atoms with Crippen molar-refractivity contribution in [2.24, 2.45) is 7.05 Å². The van der Waals surface area contributed by atoms with Gasteiger partial charge in [-0.25, -0.2) is 4.98 Å². The van der Waals surface area contributed by atoms with E-state index in [2.05, 4.69) is 14.8 Å². The van der Waals surface area contributed by atoms with Crippen LogP contribution in [0.4, 0.5) is 5.69 Å². The summed E-state index contributed by atoms with van der Waals surface area (Å²) in [4.78, 5) is 21.1. The predicted octanol–water partition coefficient (Wildman–Crippen LogP) is -0.185. The van der Waals surface area contributed by atoms with E-state index in [4.69, 9.17) is 4.74 Å². The summed E-state index contributed by atoms with van der Waals surface area (Å²) in [6, 6.07) is 5.96. The molecule has 2 aliphatic rings. The van der Waals surface area contributed by atoms with Crippen molar-refractivity contribution in [2.45, 2.75) is 12.1 Å². The van der Waals surface area contributed by atoms with Gasteiger partial charge in [0.2, 0.25) is 0 Å². The molecule has 0 spiro atoms. The van der Waals surface area contributed by atoms with Crippen molar-refractivity contribution >= 4 is 16.6 Å². The number of hydrogen-bond donors (Lipinski definition) is 1. The fourth-order valence-corrected chi connectivity index (χ4v) is 3.59. The van der Waals surface area contributed by atoms with Crippen LogP contribution in [0.5, 0.6) is 0 Å². The van der Waals surface area contributed by atoms with Crippen molar-refractivity contribution < 1.29 is 9.84 Å². The maximum atomic E-state index is 12.1. The van der Waals surface area contributed by atoms with E-state index in [1.54, 1.807) is 13.4 Å². The van der Waals surface area contributed by atoms with E-state index < -0.39 is 0 Å². The molecule has 7 heteroatoms. The maximum absolute atomic E-state index is 12.1. The van der Waals surface area contributed by atoms with Crippen molar-refractivity contribution in [1.82, 2.24) is 14.5 Å². The molecule has 1 N–H and O–H groups in total. The molecule has 0 aliphatic carbocycles. The number of benzene rings is 1. The summed E-state index contributed by atoms with van der Waals surface area (Å²) in [6.07, 6.45) is 1.19. The zero-order valence-corrected chi connectivity index (χ0v) is 13.8. The second-order valence-corrected chi connectivity index (χ2v) is 6.56. The van der Waals surface area contributed by atoms with E-state index in [1.807, 2.05) is 18.2 Å². The number of ether oxygens (including phenoxy) is 1. The molecule has 0 amide bonds. The highest BCUT2D eigenvalue weighted by molar-refractivity contribution is 5.81. The maximum Gasteiger partial charge on any atom is 0.260 e. The SMILES string of the molecule is Cn1cnc2cc(N3CCN(C4COCC4O)CC3)ccc2c1=O. The minimum Gasteiger partial charge on any atom is -0.389 e. The Hall–Kier alpha value is -1.96. The van der Waals surface area contributed by atoms with E-state index >= 15 is 0 Å². The molecule has 2 fully saturated rings. The van der Waals surface area contributed by atoms with Crippen LogP contribution in [0.1, 0.15) is 0 Å². The van der Waals surface area contributed by atoms with Crippen LogP contribution in [0.25, 0.3) is 10.9 Å². The quantitative estimate of drug-likeness (QED) is 0.823. The lowest BCUT2D eigenvalue weighted by Crippen LogP contribution is -2.53. The molecule has 2 atom stereocenters. The number of aliphatic hydroxyl groups excluding tert-OH is 1. The molecule has 0 radical (unpaired) electrons. The van der Waals surface area contributed by atoms with Gasteiger partial charge in [0.15, 0.2) is 0 Å². The monoisotopic (exact) mass is 330 g/mol. The zero-order chi connectivity index (χ0) is 16.7. The van der Waals surface area contributed by atoms with Gasteiger partial charge in [-0.3, -0.25) is 9.69 Å². The van der Waals surface area contributed by atoms with E-state index in [1.165, 1.54) is 4.57 Å². The van der Waals surface area contributed by atoms with E-state index in [0.29, 0.717) is 18.6 Å². The average Bonchev–Trinajstić information content (AvgIpc) is 3.04. The van der Waals surface area contributed by atoms with Crippen LogP contribution in [0.15, 0.2) is 29.3 Å². The minimum absolute atomic E-state index is 0.0217. The number of aromatic nitrogens is 2. The minimum atomic E-state index is -0.377. The van der Waals surface area contributed by atoms with Gasteiger partial charge in [0.1, 0.15) is 0 Å². The van der Waals surface area contributed by atoms with Crippen molar-refractivity contribution in [3.8, 4) is 0 Å². The Kier molecular flexibility index (Phi) is 3.99. The first-order valence-electron chi connectivity index (χ1n) is 8.34. The molecule has 0 bridgehead atoms. The zero-order valence-electron chi connectivity index (χ0n) is 13.8. The third-order valence-electron chi connectivity index (χ3n) is 5.07. The standard InChI is InChI=1S/C17H22N4O3/c1-19-11-18-14-8-12(2-3-13(14)17(19)23)20-4-6-21(7-5-20)15-9-24-10-16(15)22/h2-3,8,11,15-16,22H,4-7,9-10H2,1H3. The van der Waals surface area contributed by atoms with Gasteiger partial charge >= 0.3 is 0 Å². The van der Waals surface area contributed by atoms with Crippen molar-refractivity contribution in [1.29, 1.82) is 0 Å². The third kappa shape index (κ3) is 2.68. The number of hydrogen-bond acceptors (Lipinski definition) is 6. The molecule has 7 nitrogen and oxygen atoms in total. The van der Waals surface area contributed by atoms with Gasteiger partial charge in [0.05, 0.1) is 42.6 Å². The van der Waals surface area contributed by atoms with Gasteiger partial charge in [-0.15, -0.1) is 0 Å². The first-order chi connectivity index (χ1) is 11.6. The molecule has 1 aromatic carbocycles. The third-order valence-corrected chi connectivity index (χ3v) is 5.07. The topological polar surface area (TPSA) is 70.8 Å². The number of anilines is 1. The smallest absolute Gasteiger partial charge is 0.260 e. The molecule has 128 valence electrons. The van der Waals surface area contributed by atoms with Gasteiger partial charge in [-0.1, -0.05) is 0 Å². The van der Waals surface area contributed by atoms with Crippen LogP contribution in [0.2, 0.25) is 0 Å². The Bertz CT molecular complexity index is 798. The van der Waals surface area contributed by atoms with Crippen molar-refractivity contribution in [3.63, 3.8) is 0 Å².